The maximum atomic E-state index is 2.37. The zero-order chi connectivity index (χ0) is 9.97. The fourth-order valence-electron chi connectivity index (χ4n) is 2.33. The molecule has 0 bridgehead atoms. The Morgan fingerprint density at radius 3 is 2.43 bits per heavy atom. The van der Waals surface area contributed by atoms with Crippen LogP contribution in [0.25, 0.3) is 0 Å². The third-order valence-corrected chi connectivity index (χ3v) is 3.23. The van der Waals surface area contributed by atoms with Crippen LogP contribution in [0.4, 0.5) is 0 Å². The fourth-order valence-corrected chi connectivity index (χ4v) is 2.33. The second kappa shape index (κ2) is 4.00. The SMILES string of the molecule is CC1C=CC(C)C(c2ccccc2)C1. The topological polar surface area (TPSA) is 0 Å². The summed E-state index contributed by atoms with van der Waals surface area (Å²) in [4.78, 5) is 0. The summed E-state index contributed by atoms with van der Waals surface area (Å²) in [6, 6.07) is 10.9. The van der Waals surface area contributed by atoms with E-state index in [9.17, 15) is 0 Å². The maximum absolute atomic E-state index is 2.37. The summed E-state index contributed by atoms with van der Waals surface area (Å²) in [5.74, 6) is 2.14. The van der Waals surface area contributed by atoms with Gasteiger partial charge in [-0.3, -0.25) is 0 Å². The molecule has 0 radical (unpaired) electrons. The highest BCUT2D eigenvalue weighted by molar-refractivity contribution is 5.23. The highest BCUT2D eigenvalue weighted by atomic mass is 14.3. The van der Waals surface area contributed by atoms with Crippen LogP contribution in [0.3, 0.4) is 0 Å². The zero-order valence-electron chi connectivity index (χ0n) is 8.98. The quantitative estimate of drug-likeness (QED) is 0.581. The molecule has 0 heterocycles. The van der Waals surface area contributed by atoms with E-state index < -0.39 is 0 Å². The van der Waals surface area contributed by atoms with Crippen LogP contribution in [-0.2, 0) is 0 Å². The minimum absolute atomic E-state index is 0.689. The molecule has 1 aliphatic rings. The van der Waals surface area contributed by atoms with Gasteiger partial charge in [0.05, 0.1) is 0 Å². The van der Waals surface area contributed by atoms with Crippen LogP contribution in [0, 0.1) is 11.8 Å². The van der Waals surface area contributed by atoms with Crippen LogP contribution >= 0.6 is 0 Å². The van der Waals surface area contributed by atoms with E-state index >= 15 is 0 Å². The Morgan fingerprint density at radius 1 is 1.00 bits per heavy atom. The highest BCUT2D eigenvalue weighted by Gasteiger charge is 2.22. The zero-order valence-corrected chi connectivity index (χ0v) is 8.98. The molecule has 3 atom stereocenters. The third kappa shape index (κ3) is 1.89. The van der Waals surface area contributed by atoms with Gasteiger partial charge in [-0.05, 0) is 29.7 Å². The summed E-state index contributed by atoms with van der Waals surface area (Å²) in [5, 5.41) is 0. The molecular formula is C14H18. The number of hydrogen-bond acceptors (Lipinski definition) is 0. The van der Waals surface area contributed by atoms with Gasteiger partial charge in [-0.2, -0.15) is 0 Å². The molecule has 0 nitrogen and oxygen atoms in total. The summed E-state index contributed by atoms with van der Waals surface area (Å²) in [6.45, 7) is 4.62. The highest BCUT2D eigenvalue weighted by Crippen LogP contribution is 2.35. The molecule has 0 saturated heterocycles. The van der Waals surface area contributed by atoms with Crippen molar-refractivity contribution in [2.24, 2.45) is 11.8 Å². The van der Waals surface area contributed by atoms with Gasteiger partial charge in [0, 0.05) is 0 Å². The lowest BCUT2D eigenvalue weighted by atomic mass is 9.77. The van der Waals surface area contributed by atoms with E-state index in [0.717, 1.165) is 11.8 Å². The number of hydrogen-bond donors (Lipinski definition) is 0. The molecule has 0 heteroatoms. The predicted octanol–water partition coefficient (Wildman–Crippen LogP) is 4.00. The lowest BCUT2D eigenvalue weighted by molar-refractivity contribution is 0.430. The molecule has 14 heavy (non-hydrogen) atoms. The standard InChI is InChI=1S/C14H18/c1-11-8-9-12(2)14(10-11)13-6-4-3-5-7-13/h3-9,11-12,14H,10H2,1-2H3. The van der Waals surface area contributed by atoms with Gasteiger partial charge < -0.3 is 0 Å². The molecule has 0 fully saturated rings. The van der Waals surface area contributed by atoms with Crippen LogP contribution in [0.15, 0.2) is 42.5 Å². The number of benzene rings is 1. The van der Waals surface area contributed by atoms with Crippen molar-refractivity contribution in [3.63, 3.8) is 0 Å². The molecule has 2 rings (SSSR count). The summed E-state index contributed by atoms with van der Waals surface area (Å²) >= 11 is 0. The maximum Gasteiger partial charge on any atom is -0.00962 e. The molecular weight excluding hydrogens is 168 g/mol. The Kier molecular flexibility index (Phi) is 2.72. The van der Waals surface area contributed by atoms with Crippen molar-refractivity contribution in [3.05, 3.63) is 48.0 Å². The molecule has 1 aromatic carbocycles. The summed E-state index contributed by atoms with van der Waals surface area (Å²) < 4.78 is 0. The Balaban J connectivity index is 2.23. The second-order valence-electron chi connectivity index (χ2n) is 4.47. The van der Waals surface area contributed by atoms with Crippen molar-refractivity contribution >= 4 is 0 Å². The molecule has 1 aromatic rings. The van der Waals surface area contributed by atoms with Crippen molar-refractivity contribution < 1.29 is 0 Å². The van der Waals surface area contributed by atoms with Gasteiger partial charge in [0.25, 0.3) is 0 Å². The minimum Gasteiger partial charge on any atom is -0.0854 e. The van der Waals surface area contributed by atoms with Gasteiger partial charge in [-0.25, -0.2) is 0 Å². The number of rotatable bonds is 1. The van der Waals surface area contributed by atoms with Gasteiger partial charge >= 0.3 is 0 Å². The summed E-state index contributed by atoms with van der Waals surface area (Å²) in [5.41, 5.74) is 1.50. The van der Waals surface area contributed by atoms with E-state index in [1.54, 1.807) is 0 Å². The predicted molar refractivity (Wildman–Crippen MR) is 61.3 cm³/mol. The molecule has 0 N–H and O–H groups in total. The Labute approximate surface area is 86.7 Å². The summed E-state index contributed by atoms with van der Waals surface area (Å²) in [7, 11) is 0. The van der Waals surface area contributed by atoms with E-state index in [1.165, 1.54) is 12.0 Å². The van der Waals surface area contributed by atoms with E-state index in [0.29, 0.717) is 5.92 Å². The largest absolute Gasteiger partial charge is 0.0854 e. The first kappa shape index (κ1) is 9.51. The molecule has 0 saturated carbocycles. The molecule has 74 valence electrons. The van der Waals surface area contributed by atoms with Crippen LogP contribution < -0.4 is 0 Å². The van der Waals surface area contributed by atoms with Crippen LogP contribution in [-0.4, -0.2) is 0 Å². The minimum atomic E-state index is 0.689. The third-order valence-electron chi connectivity index (χ3n) is 3.23. The van der Waals surface area contributed by atoms with Crippen molar-refractivity contribution in [1.82, 2.24) is 0 Å². The van der Waals surface area contributed by atoms with Crippen molar-refractivity contribution in [2.75, 3.05) is 0 Å². The smallest absolute Gasteiger partial charge is 0.00962 e. The molecule has 1 aliphatic carbocycles. The molecule has 0 aliphatic heterocycles. The van der Waals surface area contributed by atoms with Crippen LogP contribution in [0.1, 0.15) is 31.7 Å². The first-order valence-corrected chi connectivity index (χ1v) is 5.50. The van der Waals surface area contributed by atoms with Gasteiger partial charge in [0.2, 0.25) is 0 Å². The molecule has 3 unspecified atom stereocenters. The fraction of sp³-hybridized carbons (Fsp3) is 0.429. The normalized spacial score (nSPS) is 31.7. The molecule has 0 amide bonds. The molecule has 0 spiro atoms. The van der Waals surface area contributed by atoms with E-state index in [1.807, 2.05) is 0 Å². The van der Waals surface area contributed by atoms with Gasteiger partial charge in [-0.1, -0.05) is 56.3 Å². The van der Waals surface area contributed by atoms with Crippen molar-refractivity contribution in [1.29, 1.82) is 0 Å². The van der Waals surface area contributed by atoms with Crippen molar-refractivity contribution in [3.8, 4) is 0 Å². The lowest BCUT2D eigenvalue weighted by Gasteiger charge is -2.28. The average molecular weight is 186 g/mol. The first-order chi connectivity index (χ1) is 6.77. The second-order valence-corrected chi connectivity index (χ2v) is 4.47. The van der Waals surface area contributed by atoms with E-state index in [-0.39, 0.29) is 0 Å². The Bertz CT molecular complexity index is 310. The van der Waals surface area contributed by atoms with E-state index in [2.05, 4.69) is 56.3 Å². The first-order valence-electron chi connectivity index (χ1n) is 5.50. The van der Waals surface area contributed by atoms with Gasteiger partial charge in [0.15, 0.2) is 0 Å². The monoisotopic (exact) mass is 186 g/mol. The van der Waals surface area contributed by atoms with Gasteiger partial charge in [0.1, 0.15) is 0 Å². The lowest BCUT2D eigenvalue weighted by Crippen LogP contribution is -2.15. The number of allylic oxidation sites excluding steroid dienone is 2. The van der Waals surface area contributed by atoms with Crippen LogP contribution in [0.2, 0.25) is 0 Å². The summed E-state index contributed by atoms with van der Waals surface area (Å²) in [6.07, 6.45) is 6.01. The Hall–Kier alpha value is -1.04. The van der Waals surface area contributed by atoms with Crippen LogP contribution in [0.5, 0.6) is 0 Å². The molecule has 0 aromatic heterocycles. The van der Waals surface area contributed by atoms with Crippen molar-refractivity contribution in [2.45, 2.75) is 26.2 Å². The average Bonchev–Trinajstić information content (AvgIpc) is 2.23. The van der Waals surface area contributed by atoms with E-state index in [4.69, 9.17) is 0 Å². The Morgan fingerprint density at radius 2 is 1.71 bits per heavy atom. The van der Waals surface area contributed by atoms with Gasteiger partial charge in [-0.15, -0.1) is 0 Å².